The summed E-state index contributed by atoms with van der Waals surface area (Å²) in [5.41, 5.74) is 6.57. The summed E-state index contributed by atoms with van der Waals surface area (Å²) in [6.07, 6.45) is -0.274. The molecule has 1 saturated carbocycles. The highest BCUT2D eigenvalue weighted by atomic mass is 19.3. The van der Waals surface area contributed by atoms with Gasteiger partial charge in [0.1, 0.15) is 5.54 Å². The van der Waals surface area contributed by atoms with Gasteiger partial charge in [0.2, 0.25) is 0 Å². The van der Waals surface area contributed by atoms with E-state index in [0.29, 0.717) is 5.56 Å². The Hall–Kier alpha value is -1.74. The van der Waals surface area contributed by atoms with E-state index in [-0.39, 0.29) is 6.42 Å². The van der Waals surface area contributed by atoms with E-state index < -0.39 is 11.5 Å². The first-order valence-corrected chi connectivity index (χ1v) is 5.86. The Bertz CT molecular complexity index is 580. The van der Waals surface area contributed by atoms with Crippen LogP contribution in [0.25, 0.3) is 11.1 Å². The SMILES string of the molecule is NC1(c2ccccc2-c2ccccc2)CC1(F)F. The lowest BCUT2D eigenvalue weighted by molar-refractivity contribution is 0.0892. The Balaban J connectivity index is 2.13. The van der Waals surface area contributed by atoms with E-state index in [9.17, 15) is 8.78 Å². The van der Waals surface area contributed by atoms with Crippen LogP contribution in [0.15, 0.2) is 54.6 Å². The third-order valence-electron chi connectivity index (χ3n) is 3.52. The lowest BCUT2D eigenvalue weighted by Crippen LogP contribution is -2.27. The molecule has 18 heavy (non-hydrogen) atoms. The first-order valence-electron chi connectivity index (χ1n) is 5.86. The van der Waals surface area contributed by atoms with Crippen LogP contribution in [-0.4, -0.2) is 5.92 Å². The van der Waals surface area contributed by atoms with Gasteiger partial charge in [0.25, 0.3) is 5.92 Å². The first kappa shape index (κ1) is 11.4. The average molecular weight is 245 g/mol. The molecular weight excluding hydrogens is 232 g/mol. The van der Waals surface area contributed by atoms with Crippen molar-refractivity contribution in [2.45, 2.75) is 17.9 Å². The van der Waals surface area contributed by atoms with Gasteiger partial charge < -0.3 is 5.73 Å². The quantitative estimate of drug-likeness (QED) is 0.860. The molecule has 3 heteroatoms. The third-order valence-corrected chi connectivity index (χ3v) is 3.52. The second kappa shape index (κ2) is 3.62. The molecule has 1 aliphatic carbocycles. The molecule has 1 aliphatic rings. The number of benzene rings is 2. The number of nitrogens with two attached hydrogens (primary N) is 1. The zero-order valence-electron chi connectivity index (χ0n) is 9.74. The van der Waals surface area contributed by atoms with Crippen molar-refractivity contribution in [2.75, 3.05) is 0 Å². The summed E-state index contributed by atoms with van der Waals surface area (Å²) in [7, 11) is 0. The van der Waals surface area contributed by atoms with Crippen LogP contribution in [0.1, 0.15) is 12.0 Å². The maximum Gasteiger partial charge on any atom is 0.272 e. The van der Waals surface area contributed by atoms with Gasteiger partial charge >= 0.3 is 0 Å². The molecule has 0 aliphatic heterocycles. The molecule has 1 unspecified atom stereocenters. The van der Waals surface area contributed by atoms with Crippen LogP contribution in [0.4, 0.5) is 8.78 Å². The molecule has 1 fully saturated rings. The van der Waals surface area contributed by atoms with E-state index >= 15 is 0 Å². The van der Waals surface area contributed by atoms with E-state index in [0.717, 1.165) is 11.1 Å². The minimum atomic E-state index is -2.79. The predicted molar refractivity (Wildman–Crippen MR) is 67.3 cm³/mol. The molecule has 0 aromatic heterocycles. The van der Waals surface area contributed by atoms with Crippen LogP contribution in [0, 0.1) is 0 Å². The number of halogens is 2. The molecule has 1 nitrogen and oxygen atoms in total. The van der Waals surface area contributed by atoms with E-state index in [1.165, 1.54) is 0 Å². The minimum Gasteiger partial charge on any atom is -0.316 e. The monoisotopic (exact) mass is 245 g/mol. The summed E-state index contributed by atoms with van der Waals surface area (Å²) in [6.45, 7) is 0. The molecule has 0 saturated heterocycles. The van der Waals surface area contributed by atoms with Gasteiger partial charge in [-0.2, -0.15) is 0 Å². The van der Waals surface area contributed by atoms with E-state index in [2.05, 4.69) is 0 Å². The Morgan fingerprint density at radius 3 is 2.06 bits per heavy atom. The summed E-state index contributed by atoms with van der Waals surface area (Å²) in [5, 5.41) is 0. The molecule has 0 spiro atoms. The Morgan fingerprint density at radius 1 is 0.889 bits per heavy atom. The molecular formula is C15H13F2N. The van der Waals surface area contributed by atoms with Crippen molar-refractivity contribution < 1.29 is 8.78 Å². The number of hydrogen-bond donors (Lipinski definition) is 1. The van der Waals surface area contributed by atoms with Crippen molar-refractivity contribution in [3.05, 3.63) is 60.2 Å². The Morgan fingerprint density at radius 2 is 1.44 bits per heavy atom. The van der Waals surface area contributed by atoms with Crippen LogP contribution in [0.5, 0.6) is 0 Å². The zero-order chi connectivity index (χ0) is 12.8. The van der Waals surface area contributed by atoms with Gasteiger partial charge in [-0.25, -0.2) is 8.78 Å². The van der Waals surface area contributed by atoms with Gasteiger partial charge in [-0.1, -0.05) is 54.6 Å². The van der Waals surface area contributed by atoms with Crippen LogP contribution < -0.4 is 5.73 Å². The van der Waals surface area contributed by atoms with Crippen molar-refractivity contribution >= 4 is 0 Å². The van der Waals surface area contributed by atoms with Gasteiger partial charge in [0.05, 0.1) is 0 Å². The molecule has 2 aromatic rings. The number of rotatable bonds is 2. The summed E-state index contributed by atoms with van der Waals surface area (Å²) in [6, 6.07) is 16.6. The van der Waals surface area contributed by atoms with Crippen LogP contribution >= 0.6 is 0 Å². The maximum atomic E-state index is 13.4. The molecule has 2 aromatic carbocycles. The second-order valence-electron chi connectivity index (χ2n) is 4.76. The molecule has 1 atom stereocenters. The topological polar surface area (TPSA) is 26.0 Å². The standard InChI is InChI=1S/C15H13F2N/c16-15(17)10-14(15,18)13-9-5-4-8-12(13)11-6-2-1-3-7-11/h1-9H,10,18H2. The molecule has 92 valence electrons. The Kier molecular flexibility index (Phi) is 2.29. The highest BCUT2D eigenvalue weighted by Gasteiger charge is 2.70. The van der Waals surface area contributed by atoms with Crippen molar-refractivity contribution in [1.82, 2.24) is 0 Å². The molecule has 2 N–H and O–H groups in total. The molecule has 0 bridgehead atoms. The summed E-state index contributed by atoms with van der Waals surface area (Å²) in [5.74, 6) is -2.79. The third kappa shape index (κ3) is 1.55. The van der Waals surface area contributed by atoms with Crippen molar-refractivity contribution in [1.29, 1.82) is 0 Å². The van der Waals surface area contributed by atoms with Crippen LogP contribution in [0.3, 0.4) is 0 Å². The smallest absolute Gasteiger partial charge is 0.272 e. The number of alkyl halides is 2. The fraction of sp³-hybridized carbons (Fsp3) is 0.200. The maximum absolute atomic E-state index is 13.4. The highest BCUT2D eigenvalue weighted by molar-refractivity contribution is 5.70. The fourth-order valence-corrected chi connectivity index (χ4v) is 2.34. The minimum absolute atomic E-state index is 0.274. The highest BCUT2D eigenvalue weighted by Crippen LogP contribution is 2.59. The Labute approximate surface area is 104 Å². The second-order valence-corrected chi connectivity index (χ2v) is 4.76. The summed E-state index contributed by atoms with van der Waals surface area (Å²) >= 11 is 0. The van der Waals surface area contributed by atoms with Crippen molar-refractivity contribution in [3.8, 4) is 11.1 Å². The van der Waals surface area contributed by atoms with Gasteiger partial charge in [0, 0.05) is 6.42 Å². The lowest BCUT2D eigenvalue weighted by atomic mass is 9.93. The summed E-state index contributed by atoms with van der Waals surface area (Å²) in [4.78, 5) is 0. The van der Waals surface area contributed by atoms with Crippen LogP contribution in [0.2, 0.25) is 0 Å². The van der Waals surface area contributed by atoms with Crippen LogP contribution in [-0.2, 0) is 5.54 Å². The lowest BCUT2D eigenvalue weighted by Gasteiger charge is -2.16. The molecule has 0 amide bonds. The predicted octanol–water partition coefficient (Wildman–Crippen LogP) is 3.55. The average Bonchev–Trinajstić information content (AvgIpc) is 2.91. The first-order chi connectivity index (χ1) is 8.55. The van der Waals surface area contributed by atoms with Gasteiger partial charge in [0.15, 0.2) is 0 Å². The van der Waals surface area contributed by atoms with Gasteiger partial charge in [-0.05, 0) is 16.7 Å². The van der Waals surface area contributed by atoms with Crippen molar-refractivity contribution in [2.24, 2.45) is 5.73 Å². The molecule has 3 rings (SSSR count). The van der Waals surface area contributed by atoms with Gasteiger partial charge in [-0.3, -0.25) is 0 Å². The number of hydrogen-bond acceptors (Lipinski definition) is 1. The van der Waals surface area contributed by atoms with E-state index in [4.69, 9.17) is 5.73 Å². The molecule has 0 radical (unpaired) electrons. The normalized spacial score (nSPS) is 24.8. The van der Waals surface area contributed by atoms with E-state index in [1.54, 1.807) is 12.1 Å². The van der Waals surface area contributed by atoms with E-state index in [1.807, 2.05) is 42.5 Å². The largest absolute Gasteiger partial charge is 0.316 e. The van der Waals surface area contributed by atoms with Gasteiger partial charge in [-0.15, -0.1) is 0 Å². The molecule has 0 heterocycles. The summed E-state index contributed by atoms with van der Waals surface area (Å²) < 4.78 is 26.9. The van der Waals surface area contributed by atoms with Crippen molar-refractivity contribution in [3.63, 3.8) is 0 Å². The zero-order valence-corrected chi connectivity index (χ0v) is 9.74. The fourth-order valence-electron chi connectivity index (χ4n) is 2.34.